The van der Waals surface area contributed by atoms with Crippen molar-refractivity contribution in [1.29, 1.82) is 5.26 Å². The molecule has 3 atom stereocenters. The van der Waals surface area contributed by atoms with E-state index in [2.05, 4.69) is 10.6 Å². The molecule has 0 aliphatic carbocycles. The number of likely N-dealkylation sites (tertiary alicyclic amines) is 1. The second-order valence-electron chi connectivity index (χ2n) is 6.93. The number of nitrogens with one attached hydrogen (secondary N) is 2. The minimum Gasteiger partial charge on any atom is -0.481 e. The molecule has 2 rings (SSSR count). The Balaban J connectivity index is 2.02. The van der Waals surface area contributed by atoms with Gasteiger partial charge in [0.25, 0.3) is 5.91 Å². The largest absolute Gasteiger partial charge is 0.481 e. The Labute approximate surface area is 172 Å². The van der Waals surface area contributed by atoms with Gasteiger partial charge < -0.3 is 25.4 Å². The molecule has 0 aromatic heterocycles. The summed E-state index contributed by atoms with van der Waals surface area (Å²) in [5.41, 5.74) is 0.538. The second kappa shape index (κ2) is 10.2. The molecule has 3 N–H and O–H groups in total. The van der Waals surface area contributed by atoms with Crippen LogP contribution < -0.4 is 10.6 Å². The number of hydrogen-bond donors (Lipinski definition) is 3. The highest BCUT2D eigenvalue weighted by Gasteiger charge is 2.37. The van der Waals surface area contributed by atoms with Gasteiger partial charge in [0.2, 0.25) is 11.8 Å². The minimum absolute atomic E-state index is 0.229. The summed E-state index contributed by atoms with van der Waals surface area (Å²) in [5.74, 6) is -2.85. The quantitative estimate of drug-likeness (QED) is 0.498. The smallest absolute Gasteiger partial charge is 0.305 e. The first-order chi connectivity index (χ1) is 14.3. The predicted molar refractivity (Wildman–Crippen MR) is 103 cm³/mol. The van der Waals surface area contributed by atoms with Crippen molar-refractivity contribution in [2.24, 2.45) is 0 Å². The summed E-state index contributed by atoms with van der Waals surface area (Å²) < 4.78 is 0. The van der Waals surface area contributed by atoms with E-state index in [-0.39, 0.29) is 5.56 Å². The van der Waals surface area contributed by atoms with E-state index in [4.69, 9.17) is 10.4 Å². The summed E-state index contributed by atoms with van der Waals surface area (Å²) in [4.78, 5) is 60.7. The van der Waals surface area contributed by atoms with Crippen LogP contribution in [0.1, 0.15) is 42.1 Å². The molecule has 10 nitrogen and oxygen atoms in total. The number of nitrogens with zero attached hydrogens (tertiary/aromatic N) is 2. The van der Waals surface area contributed by atoms with Gasteiger partial charge in [-0.15, -0.1) is 0 Å². The lowest BCUT2D eigenvalue weighted by Gasteiger charge is -2.27. The molecule has 1 aliphatic heterocycles. The lowest BCUT2D eigenvalue weighted by Crippen LogP contribution is -2.54. The maximum Gasteiger partial charge on any atom is 0.305 e. The van der Waals surface area contributed by atoms with Crippen LogP contribution in [0.3, 0.4) is 0 Å². The van der Waals surface area contributed by atoms with Gasteiger partial charge in [-0.1, -0.05) is 6.07 Å². The molecular weight excluding hydrogens is 392 g/mol. The zero-order chi connectivity index (χ0) is 22.3. The van der Waals surface area contributed by atoms with Crippen LogP contribution in [0.2, 0.25) is 0 Å². The molecule has 1 heterocycles. The zero-order valence-corrected chi connectivity index (χ0v) is 16.3. The van der Waals surface area contributed by atoms with Gasteiger partial charge in [0.15, 0.2) is 0 Å². The third-order valence-electron chi connectivity index (χ3n) is 4.70. The number of amides is 3. The first-order valence-corrected chi connectivity index (χ1v) is 9.35. The van der Waals surface area contributed by atoms with Crippen LogP contribution in [0.15, 0.2) is 24.3 Å². The number of benzene rings is 1. The molecule has 0 spiro atoms. The summed E-state index contributed by atoms with van der Waals surface area (Å²) in [6, 6.07) is 4.99. The molecule has 0 bridgehead atoms. The van der Waals surface area contributed by atoms with Gasteiger partial charge >= 0.3 is 5.97 Å². The van der Waals surface area contributed by atoms with Crippen LogP contribution in [0.5, 0.6) is 0 Å². The molecule has 3 amide bonds. The standard InChI is InChI=1S/C20H22N4O6/c1-12(22-18(28)14-5-2-4-13(8-14)10-21)20(30)24-7-3-6-16(24)19(29)23-15(11-25)9-17(26)27/h2,4-5,8,11-12,15-16H,3,6-7,9H2,1H3,(H,22,28)(H,23,29)(H,26,27)/t12-,15-,16-/m0/s1. The van der Waals surface area contributed by atoms with Crippen LogP contribution in [0.25, 0.3) is 0 Å². The van der Waals surface area contributed by atoms with Gasteiger partial charge in [-0.25, -0.2) is 0 Å². The number of aliphatic carboxylic acids is 1. The highest BCUT2D eigenvalue weighted by atomic mass is 16.4. The zero-order valence-electron chi connectivity index (χ0n) is 16.3. The topological polar surface area (TPSA) is 157 Å². The van der Waals surface area contributed by atoms with Gasteiger partial charge in [-0.05, 0) is 38.0 Å². The third-order valence-corrected chi connectivity index (χ3v) is 4.70. The molecule has 1 aliphatic rings. The van der Waals surface area contributed by atoms with E-state index in [0.29, 0.717) is 31.2 Å². The fraction of sp³-hybridized carbons (Fsp3) is 0.400. The highest BCUT2D eigenvalue weighted by molar-refractivity contribution is 5.98. The van der Waals surface area contributed by atoms with Gasteiger partial charge in [0.05, 0.1) is 24.1 Å². The van der Waals surface area contributed by atoms with E-state index in [1.165, 1.54) is 24.0 Å². The van der Waals surface area contributed by atoms with E-state index in [1.54, 1.807) is 12.1 Å². The lowest BCUT2D eigenvalue weighted by atomic mass is 10.1. The average molecular weight is 414 g/mol. The van der Waals surface area contributed by atoms with Crippen molar-refractivity contribution in [2.75, 3.05) is 6.54 Å². The van der Waals surface area contributed by atoms with E-state index in [0.717, 1.165) is 0 Å². The average Bonchev–Trinajstić information content (AvgIpc) is 3.22. The summed E-state index contributed by atoms with van der Waals surface area (Å²) in [5, 5.41) is 22.6. The molecule has 0 radical (unpaired) electrons. The van der Waals surface area contributed by atoms with Crippen LogP contribution >= 0.6 is 0 Å². The SMILES string of the molecule is C[C@H](NC(=O)c1cccc(C#N)c1)C(=O)N1CCC[C@H]1C(=O)N[C@H](C=O)CC(=O)O. The van der Waals surface area contributed by atoms with Crippen LogP contribution in [0.4, 0.5) is 0 Å². The number of rotatable bonds is 8. The third kappa shape index (κ3) is 5.64. The summed E-state index contributed by atoms with van der Waals surface area (Å²) in [6.45, 7) is 1.78. The molecular formula is C20H22N4O6. The lowest BCUT2D eigenvalue weighted by molar-refractivity contribution is -0.141. The van der Waals surface area contributed by atoms with Crippen molar-refractivity contribution in [3.05, 3.63) is 35.4 Å². The van der Waals surface area contributed by atoms with Crippen LogP contribution in [-0.2, 0) is 19.2 Å². The normalized spacial score (nSPS) is 17.3. The van der Waals surface area contributed by atoms with Crippen LogP contribution in [0, 0.1) is 11.3 Å². The van der Waals surface area contributed by atoms with Gasteiger partial charge in [-0.3, -0.25) is 19.2 Å². The molecule has 30 heavy (non-hydrogen) atoms. The molecule has 10 heteroatoms. The number of carboxylic acid groups (broad SMARTS) is 1. The number of aldehydes is 1. The summed E-state index contributed by atoms with van der Waals surface area (Å²) >= 11 is 0. The summed E-state index contributed by atoms with van der Waals surface area (Å²) in [7, 11) is 0. The fourth-order valence-electron chi connectivity index (χ4n) is 3.22. The van der Waals surface area contributed by atoms with E-state index in [9.17, 15) is 24.0 Å². The van der Waals surface area contributed by atoms with Crippen molar-refractivity contribution in [2.45, 2.75) is 44.3 Å². The monoisotopic (exact) mass is 414 g/mol. The fourth-order valence-corrected chi connectivity index (χ4v) is 3.22. The molecule has 1 fully saturated rings. The van der Waals surface area contributed by atoms with Crippen LogP contribution in [-0.4, -0.2) is 64.7 Å². The number of nitriles is 1. The predicted octanol–water partition coefficient (Wildman–Crippen LogP) is -0.174. The van der Waals surface area contributed by atoms with E-state index >= 15 is 0 Å². The maximum atomic E-state index is 12.8. The highest BCUT2D eigenvalue weighted by Crippen LogP contribution is 2.19. The number of carbonyl (C=O) groups is 5. The summed E-state index contributed by atoms with van der Waals surface area (Å²) in [6.07, 6.45) is 0.704. The molecule has 1 aromatic rings. The molecule has 0 saturated carbocycles. The second-order valence-corrected chi connectivity index (χ2v) is 6.93. The van der Waals surface area contributed by atoms with Crippen molar-refractivity contribution in [3.8, 4) is 6.07 Å². The Bertz CT molecular complexity index is 894. The van der Waals surface area contributed by atoms with Crippen molar-refractivity contribution in [3.63, 3.8) is 0 Å². The molecule has 158 valence electrons. The van der Waals surface area contributed by atoms with E-state index < -0.39 is 48.2 Å². The minimum atomic E-state index is -1.23. The van der Waals surface area contributed by atoms with Gasteiger partial charge in [-0.2, -0.15) is 5.26 Å². The molecule has 1 aromatic carbocycles. The Kier molecular flexibility index (Phi) is 7.63. The molecule has 0 unspecified atom stereocenters. The van der Waals surface area contributed by atoms with Crippen molar-refractivity contribution in [1.82, 2.24) is 15.5 Å². The Morgan fingerprint density at radius 2 is 2.07 bits per heavy atom. The number of carboxylic acids is 1. The first-order valence-electron chi connectivity index (χ1n) is 9.35. The Morgan fingerprint density at radius 1 is 1.33 bits per heavy atom. The molecule has 1 saturated heterocycles. The Morgan fingerprint density at radius 3 is 2.70 bits per heavy atom. The van der Waals surface area contributed by atoms with Gasteiger partial charge in [0.1, 0.15) is 18.4 Å². The number of carbonyl (C=O) groups excluding carboxylic acids is 4. The van der Waals surface area contributed by atoms with Crippen molar-refractivity contribution < 1.29 is 29.1 Å². The van der Waals surface area contributed by atoms with E-state index in [1.807, 2.05) is 6.07 Å². The Hall–Kier alpha value is -3.74. The van der Waals surface area contributed by atoms with Crippen molar-refractivity contribution >= 4 is 30.0 Å². The number of hydrogen-bond acceptors (Lipinski definition) is 6. The first kappa shape index (κ1) is 22.5. The van der Waals surface area contributed by atoms with Gasteiger partial charge in [0, 0.05) is 12.1 Å². The maximum absolute atomic E-state index is 12.8.